The number of hydrogen-bond donors (Lipinski definition) is 2. The molecule has 28 heavy (non-hydrogen) atoms. The molecule has 0 bridgehead atoms. The maximum atomic E-state index is 14.2. The lowest BCUT2D eigenvalue weighted by molar-refractivity contribution is -0.121. The molecule has 3 rings (SSSR count). The number of ether oxygens (including phenoxy) is 1. The van der Waals surface area contributed by atoms with Gasteiger partial charge in [0.15, 0.2) is 11.6 Å². The molecule has 1 aromatic heterocycles. The van der Waals surface area contributed by atoms with Gasteiger partial charge in [-0.25, -0.2) is 4.39 Å². The van der Waals surface area contributed by atoms with Crippen LogP contribution in [0.5, 0.6) is 11.5 Å². The molecular formula is C20H26Cl2FN3O2. The Morgan fingerprint density at radius 2 is 2.04 bits per heavy atom. The van der Waals surface area contributed by atoms with E-state index in [0.29, 0.717) is 30.2 Å². The molecule has 2 heterocycles. The Morgan fingerprint density at radius 1 is 1.25 bits per heavy atom. The highest BCUT2D eigenvalue weighted by atomic mass is 35.5. The summed E-state index contributed by atoms with van der Waals surface area (Å²) in [5, 5.41) is 6.19. The van der Waals surface area contributed by atoms with Crippen LogP contribution in [0, 0.1) is 11.7 Å². The maximum Gasteiger partial charge on any atom is 0.220 e. The monoisotopic (exact) mass is 429 g/mol. The summed E-state index contributed by atoms with van der Waals surface area (Å²) in [6.07, 6.45) is 6.86. The first kappa shape index (κ1) is 24.1. The molecule has 0 aliphatic carbocycles. The number of carbonyl (C=O) groups is 1. The van der Waals surface area contributed by atoms with Gasteiger partial charge in [0.1, 0.15) is 5.75 Å². The lowest BCUT2D eigenvalue weighted by atomic mass is 9.93. The fraction of sp³-hybridized carbons (Fsp3) is 0.400. The first-order chi connectivity index (χ1) is 12.7. The fourth-order valence-electron chi connectivity index (χ4n) is 3.07. The van der Waals surface area contributed by atoms with Crippen LogP contribution in [0.4, 0.5) is 4.39 Å². The van der Waals surface area contributed by atoms with Crippen molar-refractivity contribution in [2.45, 2.75) is 32.2 Å². The van der Waals surface area contributed by atoms with Gasteiger partial charge in [-0.3, -0.25) is 9.78 Å². The van der Waals surface area contributed by atoms with Gasteiger partial charge in [-0.2, -0.15) is 0 Å². The van der Waals surface area contributed by atoms with Crippen LogP contribution in [-0.4, -0.2) is 24.0 Å². The quantitative estimate of drug-likeness (QED) is 0.690. The Hall–Kier alpha value is -1.89. The number of rotatable bonds is 7. The van der Waals surface area contributed by atoms with Crippen LogP contribution in [-0.2, 0) is 11.3 Å². The van der Waals surface area contributed by atoms with Gasteiger partial charge in [0.25, 0.3) is 0 Å². The third-order valence-corrected chi connectivity index (χ3v) is 4.59. The summed E-state index contributed by atoms with van der Waals surface area (Å²) in [7, 11) is 0. The van der Waals surface area contributed by atoms with Crippen molar-refractivity contribution >= 4 is 30.7 Å². The van der Waals surface area contributed by atoms with Crippen LogP contribution >= 0.6 is 24.8 Å². The number of amides is 1. The first-order valence-corrected chi connectivity index (χ1v) is 9.04. The summed E-state index contributed by atoms with van der Waals surface area (Å²) in [6, 6.07) is 8.14. The van der Waals surface area contributed by atoms with Gasteiger partial charge in [-0.05, 0) is 68.1 Å². The summed E-state index contributed by atoms with van der Waals surface area (Å²) in [6.45, 7) is 2.40. The Morgan fingerprint density at radius 3 is 2.71 bits per heavy atom. The van der Waals surface area contributed by atoms with E-state index in [9.17, 15) is 9.18 Å². The van der Waals surface area contributed by atoms with Crippen molar-refractivity contribution in [3.63, 3.8) is 0 Å². The standard InChI is InChI=1S/C20H24FN3O2.2ClH/c21-18-12-16(3-5-19(18)26-17-2-1-9-23-14-17)13-24-20(25)6-4-15-7-10-22-11-8-15;;/h1-3,5,9,12,14-15,22H,4,6-8,10-11,13H2,(H,24,25);2*1H. The number of nitrogens with zero attached hydrogens (tertiary/aromatic N) is 1. The van der Waals surface area contributed by atoms with Gasteiger partial charge in [-0.1, -0.05) is 6.07 Å². The van der Waals surface area contributed by atoms with Gasteiger partial charge in [-0.15, -0.1) is 24.8 Å². The Labute approximate surface area is 177 Å². The van der Waals surface area contributed by atoms with Gasteiger partial charge >= 0.3 is 0 Å². The normalized spacial score (nSPS) is 13.8. The topological polar surface area (TPSA) is 63.2 Å². The van der Waals surface area contributed by atoms with Crippen LogP contribution in [0.25, 0.3) is 0 Å². The second kappa shape index (κ2) is 12.5. The molecule has 1 aliphatic heterocycles. The molecule has 1 amide bonds. The molecule has 1 saturated heterocycles. The van der Waals surface area contributed by atoms with E-state index >= 15 is 0 Å². The highest BCUT2D eigenvalue weighted by Crippen LogP contribution is 2.24. The molecule has 2 N–H and O–H groups in total. The zero-order valence-electron chi connectivity index (χ0n) is 15.5. The third-order valence-electron chi connectivity index (χ3n) is 4.59. The van der Waals surface area contributed by atoms with Crippen LogP contribution in [0.2, 0.25) is 0 Å². The largest absolute Gasteiger partial charge is 0.453 e. The van der Waals surface area contributed by atoms with Crippen LogP contribution in [0.15, 0.2) is 42.7 Å². The van der Waals surface area contributed by atoms with Gasteiger partial charge < -0.3 is 15.4 Å². The van der Waals surface area contributed by atoms with E-state index in [4.69, 9.17) is 4.74 Å². The van der Waals surface area contributed by atoms with Crippen LogP contribution < -0.4 is 15.4 Å². The number of pyridine rings is 1. The van der Waals surface area contributed by atoms with Crippen molar-refractivity contribution in [3.8, 4) is 11.5 Å². The van der Waals surface area contributed by atoms with E-state index in [0.717, 1.165) is 32.4 Å². The Kier molecular flexibility index (Phi) is 10.8. The molecule has 0 spiro atoms. The van der Waals surface area contributed by atoms with Crippen LogP contribution in [0.3, 0.4) is 0 Å². The number of aromatic nitrogens is 1. The summed E-state index contributed by atoms with van der Waals surface area (Å²) in [4.78, 5) is 15.9. The minimum atomic E-state index is -0.463. The summed E-state index contributed by atoms with van der Waals surface area (Å²) < 4.78 is 19.7. The summed E-state index contributed by atoms with van der Waals surface area (Å²) >= 11 is 0. The van der Waals surface area contributed by atoms with Crippen molar-refractivity contribution < 1.29 is 13.9 Å². The second-order valence-corrected chi connectivity index (χ2v) is 6.56. The molecule has 0 atom stereocenters. The zero-order chi connectivity index (χ0) is 18.2. The SMILES string of the molecule is Cl.Cl.O=C(CCC1CCNCC1)NCc1ccc(Oc2cccnc2)c(F)c1. The molecule has 1 aromatic carbocycles. The molecule has 1 fully saturated rings. The number of hydrogen-bond acceptors (Lipinski definition) is 4. The van der Waals surface area contributed by atoms with Gasteiger partial charge in [0, 0.05) is 19.2 Å². The van der Waals surface area contributed by atoms with E-state index in [1.54, 1.807) is 30.5 Å². The Bertz CT molecular complexity index is 729. The molecule has 2 aromatic rings. The number of halogens is 3. The minimum Gasteiger partial charge on any atom is -0.453 e. The summed E-state index contributed by atoms with van der Waals surface area (Å²) in [5.41, 5.74) is 0.705. The second-order valence-electron chi connectivity index (χ2n) is 6.56. The number of benzene rings is 1. The molecule has 154 valence electrons. The molecule has 0 saturated carbocycles. The van der Waals surface area contributed by atoms with Crippen LogP contribution in [0.1, 0.15) is 31.2 Å². The highest BCUT2D eigenvalue weighted by Gasteiger charge is 2.14. The lowest BCUT2D eigenvalue weighted by Gasteiger charge is -2.22. The predicted octanol–water partition coefficient (Wildman–Crippen LogP) is 4.25. The zero-order valence-corrected chi connectivity index (χ0v) is 17.2. The molecule has 0 radical (unpaired) electrons. The fourth-order valence-corrected chi connectivity index (χ4v) is 3.07. The number of nitrogens with one attached hydrogen (secondary N) is 2. The minimum absolute atomic E-state index is 0. The van der Waals surface area contributed by atoms with Gasteiger partial charge in [0.2, 0.25) is 5.91 Å². The lowest BCUT2D eigenvalue weighted by Crippen LogP contribution is -2.29. The van der Waals surface area contributed by atoms with E-state index < -0.39 is 5.82 Å². The Balaban J connectivity index is 0.00000196. The van der Waals surface area contributed by atoms with Crippen molar-refractivity contribution in [3.05, 3.63) is 54.1 Å². The first-order valence-electron chi connectivity index (χ1n) is 9.04. The molecule has 8 heteroatoms. The third kappa shape index (κ3) is 7.62. The maximum absolute atomic E-state index is 14.2. The van der Waals surface area contributed by atoms with Crippen molar-refractivity contribution in [2.75, 3.05) is 13.1 Å². The molecule has 1 aliphatic rings. The number of carbonyl (C=O) groups excluding carboxylic acids is 1. The van der Waals surface area contributed by atoms with E-state index in [-0.39, 0.29) is 36.5 Å². The van der Waals surface area contributed by atoms with Crippen molar-refractivity contribution in [1.29, 1.82) is 0 Å². The van der Waals surface area contributed by atoms with E-state index in [2.05, 4.69) is 15.6 Å². The average molecular weight is 430 g/mol. The summed E-state index contributed by atoms with van der Waals surface area (Å²) in [5.74, 6) is 0.794. The molecular weight excluding hydrogens is 404 g/mol. The van der Waals surface area contributed by atoms with Gasteiger partial charge in [0.05, 0.1) is 6.20 Å². The molecule has 5 nitrogen and oxygen atoms in total. The smallest absolute Gasteiger partial charge is 0.220 e. The van der Waals surface area contributed by atoms with E-state index in [1.165, 1.54) is 12.3 Å². The predicted molar refractivity (Wildman–Crippen MR) is 112 cm³/mol. The highest BCUT2D eigenvalue weighted by molar-refractivity contribution is 5.85. The molecule has 0 unspecified atom stereocenters. The van der Waals surface area contributed by atoms with Crippen molar-refractivity contribution in [2.24, 2.45) is 5.92 Å². The van der Waals surface area contributed by atoms with Crippen molar-refractivity contribution in [1.82, 2.24) is 15.6 Å². The van der Waals surface area contributed by atoms with E-state index in [1.807, 2.05) is 0 Å². The average Bonchev–Trinajstić information content (AvgIpc) is 2.68. The number of piperidine rings is 1.